The van der Waals surface area contributed by atoms with Crippen LogP contribution in [-0.2, 0) is 6.61 Å². The highest BCUT2D eigenvalue weighted by Crippen LogP contribution is 2.27. The Kier molecular flexibility index (Phi) is 5.99. The van der Waals surface area contributed by atoms with Gasteiger partial charge in [0.1, 0.15) is 12.4 Å². The summed E-state index contributed by atoms with van der Waals surface area (Å²) in [6, 6.07) is 16.0. The molecule has 0 heterocycles. The minimum absolute atomic E-state index is 0.504. The Labute approximate surface area is 133 Å². The van der Waals surface area contributed by atoms with E-state index in [1.54, 1.807) is 0 Å². The van der Waals surface area contributed by atoms with Gasteiger partial charge in [-0.3, -0.25) is 0 Å². The van der Waals surface area contributed by atoms with E-state index in [4.69, 9.17) is 4.74 Å². The first-order valence-corrected chi connectivity index (χ1v) is 7.66. The van der Waals surface area contributed by atoms with Gasteiger partial charge in [-0.05, 0) is 39.1 Å². The van der Waals surface area contributed by atoms with Gasteiger partial charge in [-0.15, -0.1) is 0 Å². The van der Waals surface area contributed by atoms with Gasteiger partial charge in [0.15, 0.2) is 0 Å². The minimum atomic E-state index is -0.504. The van der Waals surface area contributed by atoms with Gasteiger partial charge < -0.3 is 14.7 Å². The summed E-state index contributed by atoms with van der Waals surface area (Å²) >= 11 is 0. The summed E-state index contributed by atoms with van der Waals surface area (Å²) in [5.74, 6) is 0.760. The molecule has 1 N–H and O–H groups in total. The smallest absolute Gasteiger partial charge is 0.125 e. The number of hydrogen-bond acceptors (Lipinski definition) is 3. The van der Waals surface area contributed by atoms with E-state index in [1.807, 2.05) is 44.4 Å². The lowest BCUT2D eigenvalue weighted by molar-refractivity contribution is 0.148. The van der Waals surface area contributed by atoms with E-state index in [9.17, 15) is 5.11 Å². The zero-order valence-corrected chi connectivity index (χ0v) is 13.6. The fourth-order valence-corrected chi connectivity index (χ4v) is 2.39. The molecule has 1 atom stereocenters. The third kappa shape index (κ3) is 4.86. The number of aliphatic hydroxyl groups excluding tert-OH is 1. The topological polar surface area (TPSA) is 32.7 Å². The molecule has 0 aliphatic carbocycles. The molecule has 0 aromatic heterocycles. The lowest BCUT2D eigenvalue weighted by atomic mass is 10.1. The van der Waals surface area contributed by atoms with Crippen LogP contribution in [0.2, 0.25) is 0 Å². The van der Waals surface area contributed by atoms with Crippen LogP contribution in [0.25, 0.3) is 0 Å². The maximum atomic E-state index is 10.4. The molecule has 0 amide bonds. The van der Waals surface area contributed by atoms with Crippen LogP contribution in [0.4, 0.5) is 0 Å². The van der Waals surface area contributed by atoms with Gasteiger partial charge in [-0.25, -0.2) is 0 Å². The summed E-state index contributed by atoms with van der Waals surface area (Å²) in [6.45, 7) is 3.43. The number of aryl methyl sites for hydroxylation is 1. The molecular formula is C19H25NO2. The Morgan fingerprint density at radius 1 is 1.09 bits per heavy atom. The van der Waals surface area contributed by atoms with Crippen LogP contribution >= 0.6 is 0 Å². The highest BCUT2D eigenvalue weighted by Gasteiger charge is 2.13. The fraction of sp³-hybridized carbons (Fsp3) is 0.368. The first-order chi connectivity index (χ1) is 10.6. The molecule has 0 saturated carbocycles. The zero-order chi connectivity index (χ0) is 15.9. The Balaban J connectivity index is 2.04. The summed E-state index contributed by atoms with van der Waals surface area (Å²) < 4.78 is 5.93. The van der Waals surface area contributed by atoms with E-state index in [2.05, 4.69) is 30.0 Å². The van der Waals surface area contributed by atoms with Crippen LogP contribution in [0.1, 0.15) is 29.2 Å². The monoisotopic (exact) mass is 299 g/mol. The summed E-state index contributed by atoms with van der Waals surface area (Å²) in [5.41, 5.74) is 3.22. The fourth-order valence-electron chi connectivity index (χ4n) is 2.39. The molecule has 3 heteroatoms. The standard InChI is InChI=1S/C19H25NO2/c1-15-7-6-8-16(13-15)14-22-19-10-5-4-9-17(19)18(21)11-12-20(2)3/h4-10,13,18,21H,11-12,14H2,1-3H3. The molecule has 0 aliphatic heterocycles. The highest BCUT2D eigenvalue weighted by molar-refractivity contribution is 5.35. The van der Waals surface area contributed by atoms with Crippen LogP contribution in [-0.4, -0.2) is 30.6 Å². The average Bonchev–Trinajstić information content (AvgIpc) is 2.51. The molecule has 22 heavy (non-hydrogen) atoms. The second kappa shape index (κ2) is 7.97. The molecule has 0 spiro atoms. The number of hydrogen-bond donors (Lipinski definition) is 1. The molecule has 2 rings (SSSR count). The second-order valence-corrected chi connectivity index (χ2v) is 5.92. The number of ether oxygens (including phenoxy) is 1. The third-order valence-electron chi connectivity index (χ3n) is 3.60. The van der Waals surface area contributed by atoms with Crippen molar-refractivity contribution in [1.29, 1.82) is 0 Å². The molecular weight excluding hydrogens is 274 g/mol. The predicted octanol–water partition coefficient (Wildman–Crippen LogP) is 3.56. The molecule has 0 radical (unpaired) electrons. The molecule has 3 nitrogen and oxygen atoms in total. The van der Waals surface area contributed by atoms with Crippen LogP contribution in [0, 0.1) is 6.92 Å². The summed E-state index contributed by atoms with van der Waals surface area (Å²) in [4.78, 5) is 2.07. The maximum Gasteiger partial charge on any atom is 0.125 e. The van der Waals surface area contributed by atoms with Gasteiger partial charge in [0.05, 0.1) is 6.10 Å². The first-order valence-electron chi connectivity index (χ1n) is 7.66. The van der Waals surface area contributed by atoms with Gasteiger partial charge in [0.2, 0.25) is 0 Å². The van der Waals surface area contributed by atoms with Crippen molar-refractivity contribution in [1.82, 2.24) is 4.90 Å². The number of aliphatic hydroxyl groups is 1. The third-order valence-corrected chi connectivity index (χ3v) is 3.60. The molecule has 0 bridgehead atoms. The van der Waals surface area contributed by atoms with E-state index in [0.29, 0.717) is 13.0 Å². The Morgan fingerprint density at radius 3 is 2.59 bits per heavy atom. The SMILES string of the molecule is Cc1cccc(COc2ccccc2C(O)CCN(C)C)c1. The Hall–Kier alpha value is -1.84. The maximum absolute atomic E-state index is 10.4. The van der Waals surface area contributed by atoms with Gasteiger partial charge in [0.25, 0.3) is 0 Å². The molecule has 0 aliphatic rings. The van der Waals surface area contributed by atoms with Crippen molar-refractivity contribution in [2.24, 2.45) is 0 Å². The van der Waals surface area contributed by atoms with Crippen molar-refractivity contribution in [3.8, 4) is 5.75 Å². The normalized spacial score (nSPS) is 12.4. The number of rotatable bonds is 7. The van der Waals surface area contributed by atoms with Crippen LogP contribution in [0.3, 0.4) is 0 Å². The van der Waals surface area contributed by atoms with Crippen LogP contribution < -0.4 is 4.74 Å². The van der Waals surface area contributed by atoms with Gasteiger partial charge in [0, 0.05) is 12.1 Å². The van der Waals surface area contributed by atoms with Crippen molar-refractivity contribution in [2.75, 3.05) is 20.6 Å². The number of benzene rings is 2. The Morgan fingerprint density at radius 2 is 1.86 bits per heavy atom. The van der Waals surface area contributed by atoms with E-state index in [0.717, 1.165) is 23.4 Å². The quantitative estimate of drug-likeness (QED) is 0.848. The van der Waals surface area contributed by atoms with Gasteiger partial charge >= 0.3 is 0 Å². The summed E-state index contributed by atoms with van der Waals surface area (Å²) in [7, 11) is 4.01. The molecule has 0 fully saturated rings. The second-order valence-electron chi connectivity index (χ2n) is 5.92. The van der Waals surface area contributed by atoms with E-state index >= 15 is 0 Å². The van der Waals surface area contributed by atoms with E-state index in [-0.39, 0.29) is 0 Å². The van der Waals surface area contributed by atoms with Crippen LogP contribution in [0.5, 0.6) is 5.75 Å². The molecule has 2 aromatic rings. The van der Waals surface area contributed by atoms with Crippen molar-refractivity contribution < 1.29 is 9.84 Å². The van der Waals surface area contributed by atoms with Crippen LogP contribution in [0.15, 0.2) is 48.5 Å². The van der Waals surface area contributed by atoms with E-state index < -0.39 is 6.10 Å². The number of para-hydroxylation sites is 1. The van der Waals surface area contributed by atoms with E-state index in [1.165, 1.54) is 5.56 Å². The van der Waals surface area contributed by atoms with Gasteiger partial charge in [-0.2, -0.15) is 0 Å². The average molecular weight is 299 g/mol. The lowest BCUT2D eigenvalue weighted by Crippen LogP contribution is -2.16. The Bertz CT molecular complexity index is 595. The summed E-state index contributed by atoms with van der Waals surface area (Å²) in [5, 5.41) is 10.4. The lowest BCUT2D eigenvalue weighted by Gasteiger charge is -2.18. The predicted molar refractivity (Wildman–Crippen MR) is 90.1 cm³/mol. The highest BCUT2D eigenvalue weighted by atomic mass is 16.5. The largest absolute Gasteiger partial charge is 0.489 e. The molecule has 118 valence electrons. The van der Waals surface area contributed by atoms with Gasteiger partial charge in [-0.1, -0.05) is 48.0 Å². The first kappa shape index (κ1) is 16.5. The minimum Gasteiger partial charge on any atom is -0.489 e. The number of nitrogens with zero attached hydrogens (tertiary/aromatic N) is 1. The van der Waals surface area contributed by atoms with Crippen molar-refractivity contribution in [3.05, 3.63) is 65.2 Å². The van der Waals surface area contributed by atoms with Crippen molar-refractivity contribution >= 4 is 0 Å². The summed E-state index contributed by atoms with van der Waals surface area (Å²) in [6.07, 6.45) is 0.189. The molecule has 2 aromatic carbocycles. The molecule has 0 saturated heterocycles. The zero-order valence-electron chi connectivity index (χ0n) is 13.6. The molecule has 1 unspecified atom stereocenters. The van der Waals surface area contributed by atoms with Crippen molar-refractivity contribution in [3.63, 3.8) is 0 Å². The van der Waals surface area contributed by atoms with Crippen molar-refractivity contribution in [2.45, 2.75) is 26.1 Å².